The fourth-order valence-corrected chi connectivity index (χ4v) is 2.20. The molecule has 0 saturated carbocycles. The highest BCUT2D eigenvalue weighted by Crippen LogP contribution is 2.29. The highest BCUT2D eigenvalue weighted by molar-refractivity contribution is 6.30. The van der Waals surface area contributed by atoms with Crippen molar-refractivity contribution < 1.29 is 0 Å². The van der Waals surface area contributed by atoms with Crippen molar-refractivity contribution in [3.05, 3.63) is 40.7 Å². The van der Waals surface area contributed by atoms with Gasteiger partial charge in [0.2, 0.25) is 0 Å². The normalized spacial score (nSPS) is 11.2. The smallest absolute Gasteiger partial charge is 0.0672 e. The van der Waals surface area contributed by atoms with Crippen LogP contribution in [0.5, 0.6) is 0 Å². The van der Waals surface area contributed by atoms with Gasteiger partial charge in [-0.15, -0.1) is 0 Å². The van der Waals surface area contributed by atoms with Crippen LogP contribution in [0.25, 0.3) is 11.1 Å². The molecule has 0 aliphatic carbocycles. The molecule has 0 amide bonds. The highest BCUT2D eigenvalue weighted by atomic mass is 35.5. The van der Waals surface area contributed by atoms with Gasteiger partial charge in [0.15, 0.2) is 0 Å². The minimum atomic E-state index is 0.353. The molecule has 0 aliphatic heterocycles. The Bertz CT molecular complexity index is 558. The molecule has 2 aromatic rings. The van der Waals surface area contributed by atoms with E-state index in [2.05, 4.69) is 25.1 Å². The van der Waals surface area contributed by atoms with Crippen LogP contribution in [0.3, 0.4) is 0 Å². The van der Waals surface area contributed by atoms with Crippen molar-refractivity contribution in [2.24, 2.45) is 5.73 Å². The summed E-state index contributed by atoms with van der Waals surface area (Å²) in [6.07, 6.45) is 2.07. The van der Waals surface area contributed by atoms with Gasteiger partial charge in [0.1, 0.15) is 0 Å². The molecule has 2 N–H and O–H groups in total. The first-order valence-corrected chi connectivity index (χ1v) is 6.45. The first-order chi connectivity index (χ1) is 8.52. The molecule has 0 radical (unpaired) electrons. The van der Waals surface area contributed by atoms with Crippen LogP contribution in [0.1, 0.15) is 31.1 Å². The van der Waals surface area contributed by atoms with Crippen LogP contribution in [-0.4, -0.2) is 9.78 Å². The number of benzene rings is 1. The van der Waals surface area contributed by atoms with E-state index in [0.29, 0.717) is 17.6 Å². The molecule has 0 unspecified atom stereocenters. The molecule has 1 heterocycles. The Kier molecular flexibility index (Phi) is 3.73. The van der Waals surface area contributed by atoms with E-state index in [4.69, 9.17) is 17.3 Å². The molecule has 1 aromatic heterocycles. The van der Waals surface area contributed by atoms with Crippen molar-refractivity contribution in [1.82, 2.24) is 9.78 Å². The molecule has 1 aromatic carbocycles. The van der Waals surface area contributed by atoms with Gasteiger partial charge in [0.25, 0.3) is 0 Å². The Morgan fingerprint density at radius 3 is 2.61 bits per heavy atom. The van der Waals surface area contributed by atoms with Crippen molar-refractivity contribution in [3.8, 4) is 11.1 Å². The van der Waals surface area contributed by atoms with Crippen molar-refractivity contribution in [2.45, 2.75) is 33.4 Å². The van der Waals surface area contributed by atoms with Crippen molar-refractivity contribution in [2.75, 3.05) is 0 Å². The SMILES string of the molecule is Cc1nn(C(C)C)cc1-c1ccc(Cl)cc1CN. The quantitative estimate of drug-likeness (QED) is 0.920. The molecule has 18 heavy (non-hydrogen) atoms. The lowest BCUT2D eigenvalue weighted by Crippen LogP contribution is -2.00. The number of rotatable bonds is 3. The average molecular weight is 264 g/mol. The Balaban J connectivity index is 2.54. The van der Waals surface area contributed by atoms with Crippen LogP contribution in [0.15, 0.2) is 24.4 Å². The lowest BCUT2D eigenvalue weighted by atomic mass is 10.0. The molecule has 0 bridgehead atoms. The zero-order valence-corrected chi connectivity index (χ0v) is 11.7. The zero-order chi connectivity index (χ0) is 13.3. The maximum absolute atomic E-state index is 6.00. The van der Waals surface area contributed by atoms with E-state index in [1.807, 2.05) is 29.8 Å². The second kappa shape index (κ2) is 5.12. The van der Waals surface area contributed by atoms with Gasteiger partial charge in [-0.05, 0) is 44.0 Å². The second-order valence-corrected chi connectivity index (χ2v) is 5.14. The predicted octanol–water partition coefficient (Wildman–Crippen LogP) is 3.55. The maximum atomic E-state index is 6.00. The van der Waals surface area contributed by atoms with Gasteiger partial charge < -0.3 is 5.73 Å². The standard InChI is InChI=1S/C14H18ClN3/c1-9(2)18-8-14(10(3)17-18)13-5-4-12(15)6-11(13)7-16/h4-6,8-9H,7,16H2,1-3H3. The molecular formula is C14H18ClN3. The van der Waals surface area contributed by atoms with Gasteiger partial charge in [0, 0.05) is 29.4 Å². The van der Waals surface area contributed by atoms with Crippen LogP contribution in [-0.2, 0) is 6.54 Å². The summed E-state index contributed by atoms with van der Waals surface area (Å²) < 4.78 is 1.97. The topological polar surface area (TPSA) is 43.8 Å². The van der Waals surface area contributed by atoms with E-state index < -0.39 is 0 Å². The summed E-state index contributed by atoms with van der Waals surface area (Å²) in [6.45, 7) is 6.72. The van der Waals surface area contributed by atoms with Crippen molar-refractivity contribution in [3.63, 3.8) is 0 Å². The Labute approximate surface area is 113 Å². The number of nitrogens with zero attached hydrogens (tertiary/aromatic N) is 2. The molecular weight excluding hydrogens is 246 g/mol. The summed E-state index contributed by atoms with van der Waals surface area (Å²) in [5.41, 5.74) is 10.1. The van der Waals surface area contributed by atoms with Crippen molar-refractivity contribution in [1.29, 1.82) is 0 Å². The summed E-state index contributed by atoms with van der Waals surface area (Å²) in [6, 6.07) is 6.18. The third-order valence-corrected chi connectivity index (χ3v) is 3.26. The van der Waals surface area contributed by atoms with Gasteiger partial charge >= 0.3 is 0 Å². The van der Waals surface area contributed by atoms with E-state index in [-0.39, 0.29) is 0 Å². The first kappa shape index (κ1) is 13.1. The maximum Gasteiger partial charge on any atom is 0.0672 e. The summed E-state index contributed by atoms with van der Waals surface area (Å²) in [4.78, 5) is 0. The molecule has 3 nitrogen and oxygen atoms in total. The Hall–Kier alpha value is -1.32. The first-order valence-electron chi connectivity index (χ1n) is 6.07. The number of hydrogen-bond donors (Lipinski definition) is 1. The van der Waals surface area contributed by atoms with Gasteiger partial charge in [-0.1, -0.05) is 17.7 Å². The Morgan fingerprint density at radius 2 is 2.06 bits per heavy atom. The van der Waals surface area contributed by atoms with Crippen LogP contribution in [0.2, 0.25) is 5.02 Å². The van der Waals surface area contributed by atoms with Gasteiger partial charge in [-0.25, -0.2) is 0 Å². The minimum absolute atomic E-state index is 0.353. The fraction of sp³-hybridized carbons (Fsp3) is 0.357. The number of halogens is 1. The molecule has 0 saturated heterocycles. The molecule has 2 rings (SSSR count). The highest BCUT2D eigenvalue weighted by Gasteiger charge is 2.12. The number of hydrogen-bond acceptors (Lipinski definition) is 2. The average Bonchev–Trinajstić information content (AvgIpc) is 2.71. The predicted molar refractivity (Wildman–Crippen MR) is 75.7 cm³/mol. The van der Waals surface area contributed by atoms with Crippen LogP contribution in [0, 0.1) is 6.92 Å². The lowest BCUT2D eigenvalue weighted by molar-refractivity contribution is 0.529. The van der Waals surface area contributed by atoms with Gasteiger partial charge in [-0.3, -0.25) is 4.68 Å². The number of aryl methyl sites for hydroxylation is 1. The molecule has 0 aliphatic rings. The van der Waals surface area contributed by atoms with E-state index >= 15 is 0 Å². The fourth-order valence-electron chi connectivity index (χ4n) is 2.00. The summed E-state index contributed by atoms with van der Waals surface area (Å²) in [7, 11) is 0. The summed E-state index contributed by atoms with van der Waals surface area (Å²) in [5.74, 6) is 0. The lowest BCUT2D eigenvalue weighted by Gasteiger charge is -2.07. The van der Waals surface area contributed by atoms with Crippen LogP contribution < -0.4 is 5.73 Å². The summed E-state index contributed by atoms with van der Waals surface area (Å²) in [5, 5.41) is 5.24. The molecule has 4 heteroatoms. The van der Waals surface area contributed by atoms with E-state index in [0.717, 1.165) is 22.4 Å². The van der Waals surface area contributed by atoms with Crippen LogP contribution in [0.4, 0.5) is 0 Å². The second-order valence-electron chi connectivity index (χ2n) is 4.71. The van der Waals surface area contributed by atoms with E-state index in [1.54, 1.807) is 0 Å². The zero-order valence-electron chi connectivity index (χ0n) is 10.9. The van der Waals surface area contributed by atoms with Crippen LogP contribution >= 0.6 is 11.6 Å². The largest absolute Gasteiger partial charge is 0.326 e. The third kappa shape index (κ3) is 2.42. The molecule has 96 valence electrons. The van der Waals surface area contributed by atoms with Crippen molar-refractivity contribution >= 4 is 11.6 Å². The minimum Gasteiger partial charge on any atom is -0.326 e. The number of nitrogens with two attached hydrogens (primary N) is 1. The van der Waals surface area contributed by atoms with E-state index in [1.165, 1.54) is 0 Å². The molecule has 0 spiro atoms. The summed E-state index contributed by atoms with van der Waals surface area (Å²) >= 11 is 6.00. The number of aromatic nitrogens is 2. The third-order valence-electron chi connectivity index (χ3n) is 3.02. The monoisotopic (exact) mass is 263 g/mol. The molecule has 0 fully saturated rings. The van der Waals surface area contributed by atoms with Gasteiger partial charge in [0.05, 0.1) is 5.69 Å². The van der Waals surface area contributed by atoms with Gasteiger partial charge in [-0.2, -0.15) is 5.10 Å². The Morgan fingerprint density at radius 1 is 1.33 bits per heavy atom. The van der Waals surface area contributed by atoms with E-state index in [9.17, 15) is 0 Å². The molecule has 0 atom stereocenters.